The summed E-state index contributed by atoms with van der Waals surface area (Å²) in [5, 5.41) is 94.3. The van der Waals surface area contributed by atoms with Crippen molar-refractivity contribution in [1.82, 2.24) is 5.32 Å². The Balaban J connectivity index is -0.000000140. The number of ether oxygens (including phenoxy) is 4. The Morgan fingerprint density at radius 3 is 1.11 bits per heavy atom. The zero-order valence-electron chi connectivity index (χ0n) is 84.3. The number of aliphatic carboxylic acids is 9. The molecular weight excluding hydrogens is 2300 g/mol. The molecule has 0 saturated carbocycles. The molecule has 820 valence electrons. The van der Waals surface area contributed by atoms with Crippen LogP contribution in [0.1, 0.15) is 166 Å². The van der Waals surface area contributed by atoms with Gasteiger partial charge in [0.1, 0.15) is 27.8 Å². The minimum Gasteiger partial charge on any atom is -0.748 e. The number of carbonyl (C=O) groups excluding carboxylic acids is 5. The molecule has 0 radical (unpaired) electrons. The Morgan fingerprint density at radius 1 is 0.441 bits per heavy atom. The summed E-state index contributed by atoms with van der Waals surface area (Å²) in [4.78, 5) is 150. The number of carboxylic acid groups (broad SMARTS) is 9. The van der Waals surface area contributed by atoms with Crippen LogP contribution in [0.4, 0.5) is 0 Å². The van der Waals surface area contributed by atoms with Crippen LogP contribution in [-0.2, 0) is 147 Å². The van der Waals surface area contributed by atoms with Gasteiger partial charge in [-0.25, -0.2) is 42.1 Å². The van der Waals surface area contributed by atoms with Gasteiger partial charge in [0.05, 0.1) is 162 Å². The summed E-state index contributed by atoms with van der Waals surface area (Å²) >= 11 is 10.5. The number of hydrogen-bond donors (Lipinski definition) is 13. The van der Waals surface area contributed by atoms with Crippen LogP contribution in [-0.4, -0.2) is 382 Å². The minimum absolute atomic E-state index is 0. The number of amides is 1. The summed E-state index contributed by atoms with van der Waals surface area (Å²) in [6.45, 7) is 20.8. The van der Waals surface area contributed by atoms with Gasteiger partial charge in [0.25, 0.3) is 10.1 Å². The number of esters is 3. The van der Waals surface area contributed by atoms with E-state index >= 15 is 0 Å². The third-order valence-electron chi connectivity index (χ3n) is 15.9. The molecule has 0 saturated heterocycles. The molecule has 1 aromatic carbocycles. The predicted molar refractivity (Wildman–Crippen MR) is 524 cm³/mol. The summed E-state index contributed by atoms with van der Waals surface area (Å²) in [6, 6.07) is 5.84. The van der Waals surface area contributed by atoms with Gasteiger partial charge in [-0.05, 0) is 109 Å². The first-order chi connectivity index (χ1) is 63.8. The van der Waals surface area contributed by atoms with Crippen LogP contribution in [0.15, 0.2) is 29.2 Å². The van der Waals surface area contributed by atoms with E-state index in [0.29, 0.717) is 63.3 Å². The number of carbonyl (C=O) groups is 14. The van der Waals surface area contributed by atoms with Gasteiger partial charge in [0, 0.05) is 98.1 Å². The first-order valence-corrected chi connectivity index (χ1v) is 59.8. The van der Waals surface area contributed by atoms with E-state index < -0.39 is 189 Å². The number of nitrogens with one attached hydrogen (secondary N) is 1. The van der Waals surface area contributed by atoms with Crippen molar-refractivity contribution in [2.75, 3.05) is 142 Å². The molecule has 8 unspecified atom stereocenters. The van der Waals surface area contributed by atoms with Gasteiger partial charge >= 0.3 is 263 Å². The number of carboxylic acids is 9. The second-order valence-electron chi connectivity index (χ2n) is 31.7. The van der Waals surface area contributed by atoms with Crippen molar-refractivity contribution in [2.24, 2.45) is 34.5 Å². The van der Waals surface area contributed by atoms with Gasteiger partial charge < -0.3 is 103 Å². The normalized spacial score (nSPS) is 12.9. The number of benzene rings is 1. The van der Waals surface area contributed by atoms with Gasteiger partial charge in [-0.1, -0.05) is 46.8 Å². The van der Waals surface area contributed by atoms with Crippen LogP contribution in [0.3, 0.4) is 0 Å². The second kappa shape index (κ2) is 94.4. The maximum absolute atomic E-state index is 11.9. The van der Waals surface area contributed by atoms with E-state index in [0.717, 1.165) is 40.6 Å². The predicted octanol–water partition coefficient (Wildman–Crippen LogP) is -9.99. The monoisotopic (exact) mass is 2430 g/mol. The van der Waals surface area contributed by atoms with E-state index in [9.17, 15) is 140 Å². The van der Waals surface area contributed by atoms with Gasteiger partial charge in [0.2, 0.25) is 5.91 Å². The van der Waals surface area contributed by atoms with Crippen LogP contribution < -0.4 is 197 Å². The van der Waals surface area contributed by atoms with Crippen molar-refractivity contribution in [3.8, 4) is 0 Å². The SMILES string of the molecule is CC(=O)C(C)CSCCC(=O)O.CC(C)(CSC(CC(=O)O)C(=O)O)C(=O)OCCCS(=O)(=O)[O-].CC(C)(CSCCC(=O)O)C(=O)OCCCS(=O)(=O)[O-].CC(COC(O)CS(=O)(=O)[O-])CSCCC(=O)O.CC(CSCCC(=O)O)C(=O)NC(C)(C)CS(=O)(=O)O.CC(CSCCC(=O)O)C(=O)OCCO.CC(CSCCC(=O)O)S(=O)(=O)[O-].CC(CSCCC(=O)O)c1ccc(S(=O)(=O)[O-])cc1.[K+].[K+].[Na+].[Na+].[Na+]. The maximum Gasteiger partial charge on any atom is 1.00 e. The zero-order chi connectivity index (χ0) is 110. The number of thioether (sulfide) groups is 8. The molecule has 0 aliphatic carbocycles. The number of rotatable bonds is 67. The number of ketones is 1. The first-order valence-electron chi connectivity index (χ1n) is 41.4. The van der Waals surface area contributed by atoms with Crippen molar-refractivity contribution in [1.29, 1.82) is 0 Å². The molecule has 0 fully saturated rings. The van der Waals surface area contributed by atoms with Crippen molar-refractivity contribution in [3.05, 3.63) is 29.8 Å². The van der Waals surface area contributed by atoms with Gasteiger partial charge in [-0.15, -0.1) is 11.8 Å². The van der Waals surface area contributed by atoms with E-state index in [4.69, 9.17) is 79.7 Å². The fraction of sp³-hybridized carbons (Fsp3) is 0.744. The molecule has 0 bridgehead atoms. The third kappa shape index (κ3) is 121. The fourth-order valence-corrected chi connectivity index (χ4v) is 20.1. The molecule has 13 N–H and O–H groups in total. The van der Waals surface area contributed by atoms with Crippen LogP contribution >= 0.6 is 94.1 Å². The largest absolute Gasteiger partial charge is 1.00 e. The van der Waals surface area contributed by atoms with Crippen molar-refractivity contribution < 1.29 is 412 Å². The van der Waals surface area contributed by atoms with E-state index in [1.54, 1.807) is 46.8 Å². The molecule has 145 heavy (non-hydrogen) atoms. The van der Waals surface area contributed by atoms with E-state index in [2.05, 4.69) is 5.32 Å². The summed E-state index contributed by atoms with van der Waals surface area (Å²) < 4.78 is 206. The molecular formula is C78H132K2NNa3O47S14. The molecule has 1 rings (SSSR count). The summed E-state index contributed by atoms with van der Waals surface area (Å²) in [6.07, 6.45) is -1.82. The Bertz CT molecular complexity index is 4620. The van der Waals surface area contributed by atoms with Crippen molar-refractivity contribution >= 4 is 238 Å². The molecule has 0 aliphatic rings. The summed E-state index contributed by atoms with van der Waals surface area (Å²) in [7, 11) is -25.9. The minimum atomic E-state index is -4.50. The van der Waals surface area contributed by atoms with E-state index in [-0.39, 0.29) is 346 Å². The van der Waals surface area contributed by atoms with Crippen LogP contribution in [0.2, 0.25) is 0 Å². The molecule has 1 aromatic rings. The third-order valence-corrected chi connectivity index (χ3v) is 32.0. The van der Waals surface area contributed by atoms with Crippen molar-refractivity contribution in [2.45, 2.75) is 187 Å². The van der Waals surface area contributed by atoms with E-state index in [1.165, 1.54) is 117 Å². The van der Waals surface area contributed by atoms with Gasteiger partial charge in [-0.2, -0.15) is 90.8 Å². The molecule has 0 heterocycles. The van der Waals surface area contributed by atoms with Gasteiger partial charge in [-0.3, -0.25) is 71.7 Å². The summed E-state index contributed by atoms with van der Waals surface area (Å²) in [5.74, 6) is -6.48. The number of Topliss-reactive ketones (excluding diaryl/α,β-unsaturated/α-hetero) is 1. The summed E-state index contributed by atoms with van der Waals surface area (Å²) in [5.41, 5.74) is -2.02. The Morgan fingerprint density at radius 2 is 0.786 bits per heavy atom. The Kier molecular flexibility index (Phi) is 111. The fourth-order valence-electron chi connectivity index (χ4n) is 8.20. The average Bonchev–Trinajstić information content (AvgIpc) is 0.847. The maximum atomic E-state index is 11.9. The topological polar surface area (TPSA) is 851 Å². The Labute approximate surface area is 1030 Å². The number of aliphatic hydroxyl groups excluding tert-OH is 2. The van der Waals surface area contributed by atoms with Crippen LogP contribution in [0.5, 0.6) is 0 Å². The zero-order valence-corrected chi connectivity index (χ0v) is 108. The standard InChI is InChI=1S/C12H20O9S2.C12H16O5S2.C11H21NO6S2.C11H20O7S2.C9H18O7S2.C9H16O5S.C8H14O3S.C6H12O5S2.2K.3Na/c1-12(2,7-22-8(10(15)16)6-9(13)14)11(17)21-4-3-5-23(18,19)20;1-9(8-18-7-6-12(13)14)10-2-4-11(5-3-10)19(15,16)17;1-8(6-19-5-4-9(13)14)10(15)12-11(2,3)7-20(16,17)18;1-11(2,8-19-6-4-9(12)13)10(14)18-5-3-7-20(15,16)17;1-7(5-17-3-2-8(10)11)4-16-9(12)6-18(13,14)15;1-7(9(13)14-4-3-10)6-15-5-2-8(11)12;1-6(7(2)9)5-12-4-3-8(10)11;1-5(13(9,10)11)4-12-3-2-6(7)8;;;;;/h8H,3-7H2,1-2H3,(H,13,14)(H,15,16)(H,18,19,20);2-5,9H,6-8H2,1H3,(H,13,14)(H,15,16,17);8H,4-7H2,1-3H3,(H,12,15)(H,13,14)(H,16,17,18);3-8H2,1-2H3,(H,12,13)(H,15,16,17);7,9,12H,2-6H2,1H3,(H,10,11)(H,13,14,15);7,10H,2-6H2,1H3,(H,11,12);6H,3-5H2,1-2H3,(H,10,11);5H,2-4H2,1H3,(H,7,8)(H,9,10,11);;;;;/q;;;;;;;;5*+1/p-5. The Hall–Kier alpha value is 0.413. The van der Waals surface area contributed by atoms with Crippen molar-refractivity contribution in [3.63, 3.8) is 0 Å². The molecule has 1 amide bonds. The average molecular weight is 2430 g/mol. The molecule has 48 nitrogen and oxygen atoms in total. The van der Waals surface area contributed by atoms with Gasteiger partial charge in [0.15, 0.2) is 6.29 Å². The quantitative estimate of drug-likeness (QED) is 0.00719. The first kappa shape index (κ1) is 170. The molecule has 0 aliphatic heterocycles. The molecule has 0 aromatic heterocycles. The molecule has 8 atom stereocenters. The molecule has 67 heteroatoms. The van der Waals surface area contributed by atoms with Crippen LogP contribution in [0, 0.1) is 34.5 Å². The molecule has 0 spiro atoms. The van der Waals surface area contributed by atoms with E-state index in [1.807, 2.05) is 20.8 Å². The number of hydrogen-bond acceptors (Lipinski definition) is 45. The second-order valence-corrected chi connectivity index (χ2v) is 50.0. The van der Waals surface area contributed by atoms with Crippen LogP contribution in [0.25, 0.3) is 0 Å². The number of aliphatic hydroxyl groups is 2. The smallest absolute Gasteiger partial charge is 0.748 e.